The van der Waals surface area contributed by atoms with Gasteiger partial charge in [-0.1, -0.05) is 57.2 Å². The van der Waals surface area contributed by atoms with Crippen molar-refractivity contribution in [2.75, 3.05) is 6.54 Å². The van der Waals surface area contributed by atoms with Crippen LogP contribution in [0.15, 0.2) is 59.9 Å². The Hall–Kier alpha value is -3.32. The highest BCUT2D eigenvalue weighted by Crippen LogP contribution is 2.40. The molecule has 0 fully saturated rings. The van der Waals surface area contributed by atoms with Crippen molar-refractivity contribution in [3.8, 4) is 0 Å². The third-order valence-electron chi connectivity index (χ3n) is 6.31. The molecule has 0 radical (unpaired) electrons. The summed E-state index contributed by atoms with van der Waals surface area (Å²) in [5.41, 5.74) is 3.32. The number of benzene rings is 2. The number of hydrogen-bond acceptors (Lipinski definition) is 5. The number of nitrogens with zero attached hydrogens (tertiary/aromatic N) is 2. The number of amides is 1. The molecule has 1 unspecified atom stereocenters. The summed E-state index contributed by atoms with van der Waals surface area (Å²) in [4.78, 5) is 33.2. The van der Waals surface area contributed by atoms with Crippen molar-refractivity contribution in [2.45, 2.75) is 52.5 Å². The van der Waals surface area contributed by atoms with Gasteiger partial charge in [0.25, 0.3) is 5.91 Å². The van der Waals surface area contributed by atoms with Crippen LogP contribution >= 0.6 is 11.3 Å². The Morgan fingerprint density at radius 3 is 2.26 bits per heavy atom. The number of Topliss-reactive ketones (excluding diaryl/α,β-unsaturated/α-hetero) is 1. The number of aromatic nitrogens is 1. The standard InChI is InChI=1S/C28H29FN2O3S/c1-16-26(35-17(2)30-16)24(32)22-23(19-8-10-20(11-9-19)28(3,4)5)31(27(34)25(22)33)15-14-18-6-12-21(29)13-7-18/h6-13,23,33H,14-15H2,1-5H3. The van der Waals surface area contributed by atoms with Crippen LogP contribution in [0.2, 0.25) is 0 Å². The summed E-state index contributed by atoms with van der Waals surface area (Å²) in [5.74, 6) is -1.82. The van der Waals surface area contributed by atoms with Crippen molar-refractivity contribution in [2.24, 2.45) is 0 Å². The molecule has 3 aromatic rings. The molecule has 1 atom stereocenters. The Balaban J connectivity index is 1.74. The molecule has 1 aliphatic rings. The van der Waals surface area contributed by atoms with Crippen molar-refractivity contribution in [3.05, 3.63) is 97.9 Å². The first-order valence-electron chi connectivity index (χ1n) is 11.5. The normalized spacial score (nSPS) is 16.3. The van der Waals surface area contributed by atoms with E-state index in [9.17, 15) is 19.1 Å². The monoisotopic (exact) mass is 492 g/mol. The maximum absolute atomic E-state index is 13.6. The smallest absolute Gasteiger partial charge is 0.290 e. The molecule has 0 saturated heterocycles. The third-order valence-corrected chi connectivity index (χ3v) is 7.38. The van der Waals surface area contributed by atoms with Gasteiger partial charge in [-0.05, 0) is 54.5 Å². The van der Waals surface area contributed by atoms with E-state index in [2.05, 4.69) is 25.8 Å². The zero-order valence-electron chi connectivity index (χ0n) is 20.6. The van der Waals surface area contributed by atoms with Crippen molar-refractivity contribution < 1.29 is 19.1 Å². The van der Waals surface area contributed by atoms with Gasteiger partial charge in [-0.2, -0.15) is 0 Å². The number of carbonyl (C=O) groups is 2. The topological polar surface area (TPSA) is 70.5 Å². The molecule has 4 rings (SSSR count). The summed E-state index contributed by atoms with van der Waals surface area (Å²) in [6.07, 6.45) is 0.454. The molecule has 1 aliphatic heterocycles. The lowest BCUT2D eigenvalue weighted by molar-refractivity contribution is -0.129. The Morgan fingerprint density at radius 2 is 1.71 bits per heavy atom. The molecule has 182 valence electrons. The van der Waals surface area contributed by atoms with Gasteiger partial charge in [0.2, 0.25) is 5.78 Å². The van der Waals surface area contributed by atoms with E-state index < -0.39 is 17.7 Å². The summed E-state index contributed by atoms with van der Waals surface area (Å²) in [7, 11) is 0. The van der Waals surface area contributed by atoms with Crippen LogP contribution in [0, 0.1) is 19.7 Å². The average molecular weight is 493 g/mol. The van der Waals surface area contributed by atoms with Gasteiger partial charge in [-0.15, -0.1) is 11.3 Å². The second-order valence-corrected chi connectivity index (χ2v) is 11.1. The van der Waals surface area contributed by atoms with E-state index in [1.54, 1.807) is 19.1 Å². The lowest BCUT2D eigenvalue weighted by Crippen LogP contribution is -2.33. The Morgan fingerprint density at radius 1 is 1.09 bits per heavy atom. The summed E-state index contributed by atoms with van der Waals surface area (Å²) >= 11 is 1.26. The van der Waals surface area contributed by atoms with Gasteiger partial charge in [0.05, 0.1) is 27.2 Å². The summed E-state index contributed by atoms with van der Waals surface area (Å²) in [5, 5.41) is 11.7. The van der Waals surface area contributed by atoms with Crippen molar-refractivity contribution in [1.29, 1.82) is 0 Å². The minimum Gasteiger partial charge on any atom is -0.503 e. The highest BCUT2D eigenvalue weighted by Gasteiger charge is 2.44. The van der Waals surface area contributed by atoms with Gasteiger partial charge < -0.3 is 10.0 Å². The molecule has 2 aromatic carbocycles. The molecule has 0 spiro atoms. The van der Waals surface area contributed by atoms with Crippen LogP contribution in [0.3, 0.4) is 0 Å². The molecule has 1 amide bonds. The molecular weight excluding hydrogens is 463 g/mol. The molecule has 0 bridgehead atoms. The molecule has 5 nitrogen and oxygen atoms in total. The molecule has 2 heterocycles. The largest absolute Gasteiger partial charge is 0.503 e. The fourth-order valence-corrected chi connectivity index (χ4v) is 5.27. The number of aryl methyl sites for hydroxylation is 2. The molecular formula is C28H29FN2O3S. The van der Waals surface area contributed by atoms with Gasteiger partial charge in [-0.25, -0.2) is 9.37 Å². The minimum atomic E-state index is -0.730. The van der Waals surface area contributed by atoms with Crippen LogP contribution in [0.5, 0.6) is 0 Å². The highest BCUT2D eigenvalue weighted by atomic mass is 32.1. The Labute approximate surface area is 208 Å². The number of ketones is 1. The quantitative estimate of drug-likeness (QED) is 0.427. The Bertz CT molecular complexity index is 1300. The summed E-state index contributed by atoms with van der Waals surface area (Å²) in [6.45, 7) is 10.2. The second-order valence-electron chi connectivity index (χ2n) is 9.89. The maximum Gasteiger partial charge on any atom is 0.290 e. The molecule has 1 aromatic heterocycles. The van der Waals surface area contributed by atoms with Gasteiger partial charge in [0, 0.05) is 6.54 Å². The number of carbonyl (C=O) groups excluding carboxylic acids is 2. The minimum absolute atomic E-state index is 0.0554. The van der Waals surface area contributed by atoms with E-state index in [1.165, 1.54) is 28.4 Å². The zero-order chi connectivity index (χ0) is 25.5. The maximum atomic E-state index is 13.6. The molecule has 1 N–H and O–H groups in total. The number of thiazole rings is 1. The van der Waals surface area contributed by atoms with Crippen molar-refractivity contribution in [1.82, 2.24) is 9.88 Å². The number of aliphatic hydroxyl groups excluding tert-OH is 1. The third kappa shape index (κ3) is 4.91. The van der Waals surface area contributed by atoms with Gasteiger partial charge in [0.1, 0.15) is 5.82 Å². The second kappa shape index (κ2) is 9.38. The van der Waals surface area contributed by atoms with Gasteiger partial charge in [-0.3, -0.25) is 9.59 Å². The van der Waals surface area contributed by atoms with Crippen LogP contribution in [-0.2, 0) is 16.6 Å². The van der Waals surface area contributed by atoms with Crippen LogP contribution in [0.25, 0.3) is 0 Å². The predicted octanol–water partition coefficient (Wildman–Crippen LogP) is 6.02. The highest BCUT2D eigenvalue weighted by molar-refractivity contribution is 7.14. The SMILES string of the molecule is Cc1nc(C)c(C(=O)C2=C(O)C(=O)N(CCc3ccc(F)cc3)C2c2ccc(C(C)(C)C)cc2)s1. The number of halogens is 1. The van der Waals surface area contributed by atoms with E-state index in [0.717, 1.165) is 21.7 Å². The lowest BCUT2D eigenvalue weighted by atomic mass is 9.85. The first-order chi connectivity index (χ1) is 16.5. The van der Waals surface area contributed by atoms with Crippen LogP contribution in [0.4, 0.5) is 4.39 Å². The predicted molar refractivity (Wildman–Crippen MR) is 135 cm³/mol. The van der Waals surface area contributed by atoms with Gasteiger partial charge >= 0.3 is 0 Å². The van der Waals surface area contributed by atoms with E-state index >= 15 is 0 Å². The molecule has 35 heavy (non-hydrogen) atoms. The fraction of sp³-hybridized carbons (Fsp3) is 0.321. The van der Waals surface area contributed by atoms with Crippen LogP contribution in [-0.4, -0.2) is 33.2 Å². The first kappa shape index (κ1) is 24.8. The molecule has 0 saturated carbocycles. The van der Waals surface area contributed by atoms with E-state index in [-0.39, 0.29) is 29.1 Å². The summed E-state index contributed by atoms with van der Waals surface area (Å²) in [6, 6.07) is 13.2. The van der Waals surface area contributed by atoms with E-state index in [1.807, 2.05) is 31.2 Å². The van der Waals surface area contributed by atoms with Crippen molar-refractivity contribution >= 4 is 23.0 Å². The summed E-state index contributed by atoms with van der Waals surface area (Å²) < 4.78 is 13.3. The zero-order valence-corrected chi connectivity index (χ0v) is 21.4. The lowest BCUT2D eigenvalue weighted by Gasteiger charge is -2.28. The molecule has 7 heteroatoms. The van der Waals surface area contributed by atoms with E-state index in [4.69, 9.17) is 0 Å². The van der Waals surface area contributed by atoms with E-state index in [0.29, 0.717) is 17.0 Å². The Kier molecular flexibility index (Phi) is 6.64. The number of rotatable bonds is 6. The number of aliphatic hydroxyl groups is 1. The first-order valence-corrected chi connectivity index (χ1v) is 12.4. The van der Waals surface area contributed by atoms with Crippen LogP contribution in [0.1, 0.15) is 63.9 Å². The fourth-order valence-electron chi connectivity index (χ4n) is 4.39. The van der Waals surface area contributed by atoms with Crippen LogP contribution < -0.4 is 0 Å². The number of hydrogen-bond donors (Lipinski definition) is 1. The molecule has 0 aliphatic carbocycles. The van der Waals surface area contributed by atoms with Gasteiger partial charge in [0.15, 0.2) is 5.76 Å². The van der Waals surface area contributed by atoms with Crippen molar-refractivity contribution in [3.63, 3.8) is 0 Å². The average Bonchev–Trinajstić information content (AvgIpc) is 3.27.